The molecule has 3 aromatic rings. The number of likely N-dealkylation sites (tertiary alicyclic amines) is 1. The van der Waals surface area contributed by atoms with Crippen LogP contribution in [0.1, 0.15) is 57.3 Å². The number of benzene rings is 2. The zero-order chi connectivity index (χ0) is 25.4. The van der Waals surface area contributed by atoms with Gasteiger partial charge < -0.3 is 15.3 Å². The minimum Gasteiger partial charge on any atom is -0.508 e. The summed E-state index contributed by atoms with van der Waals surface area (Å²) in [4.78, 5) is 20.1. The number of nitrogens with zero attached hydrogens (tertiary/aromatic N) is 2. The van der Waals surface area contributed by atoms with Crippen LogP contribution in [0, 0.1) is 42.8 Å². The van der Waals surface area contributed by atoms with Gasteiger partial charge in [0, 0.05) is 35.8 Å². The van der Waals surface area contributed by atoms with Crippen molar-refractivity contribution in [2.45, 2.75) is 32.7 Å². The Bertz CT molecular complexity index is 1360. The molecule has 36 heavy (non-hydrogen) atoms. The Hall–Kier alpha value is -3.69. The molecule has 5 rings (SSSR count). The summed E-state index contributed by atoms with van der Waals surface area (Å²) in [6.07, 6.45) is 2.27. The zero-order valence-corrected chi connectivity index (χ0v) is 20.8. The molecule has 0 bridgehead atoms. The van der Waals surface area contributed by atoms with Gasteiger partial charge in [0.15, 0.2) is 0 Å². The predicted molar refractivity (Wildman–Crippen MR) is 137 cm³/mol. The monoisotopic (exact) mass is 483 g/mol. The highest BCUT2D eigenvalue weighted by molar-refractivity contribution is 5.93. The summed E-state index contributed by atoms with van der Waals surface area (Å²) in [5, 5.41) is 13.4. The Morgan fingerprint density at radius 3 is 2.56 bits per heavy atom. The molecule has 1 amide bonds. The molecule has 0 radical (unpaired) electrons. The van der Waals surface area contributed by atoms with Gasteiger partial charge in [0.25, 0.3) is 5.91 Å². The van der Waals surface area contributed by atoms with Crippen LogP contribution in [0.15, 0.2) is 54.6 Å². The fraction of sp³-hybridized carbons (Fsp3) is 0.333. The second kappa shape index (κ2) is 9.40. The lowest BCUT2D eigenvalue weighted by Gasteiger charge is -2.57. The third-order valence-electron chi connectivity index (χ3n) is 7.16. The van der Waals surface area contributed by atoms with Gasteiger partial charge in [0.2, 0.25) is 0 Å². The number of aromatic nitrogens is 1. The van der Waals surface area contributed by atoms with E-state index in [1.54, 1.807) is 6.07 Å². The van der Waals surface area contributed by atoms with E-state index in [2.05, 4.69) is 34.1 Å². The Morgan fingerprint density at radius 1 is 1.14 bits per heavy atom. The number of aromatic hydroxyl groups is 1. The van der Waals surface area contributed by atoms with Crippen LogP contribution in [0.5, 0.6) is 5.75 Å². The Balaban J connectivity index is 1.38. The van der Waals surface area contributed by atoms with E-state index < -0.39 is 17.8 Å². The summed E-state index contributed by atoms with van der Waals surface area (Å²) in [5.74, 6) is 6.01. The molecule has 1 saturated heterocycles. The first-order valence-electron chi connectivity index (χ1n) is 12.2. The third kappa shape index (κ3) is 4.98. The molecule has 2 heterocycles. The molecule has 1 aromatic heterocycles. The molecule has 6 heteroatoms. The van der Waals surface area contributed by atoms with Crippen LogP contribution < -0.4 is 5.32 Å². The maximum absolute atomic E-state index is 14.1. The molecule has 2 N–H and O–H groups in total. The van der Waals surface area contributed by atoms with Crippen molar-refractivity contribution in [3.63, 3.8) is 0 Å². The van der Waals surface area contributed by atoms with Crippen molar-refractivity contribution in [3.8, 4) is 17.6 Å². The third-order valence-corrected chi connectivity index (χ3v) is 7.16. The second-order valence-corrected chi connectivity index (χ2v) is 10.4. The first-order valence-corrected chi connectivity index (χ1v) is 12.2. The molecule has 1 aliphatic heterocycles. The highest BCUT2D eigenvalue weighted by atomic mass is 19.1. The van der Waals surface area contributed by atoms with E-state index in [9.17, 15) is 14.3 Å². The van der Waals surface area contributed by atoms with Crippen LogP contribution in [0.25, 0.3) is 0 Å². The highest BCUT2D eigenvalue weighted by Crippen LogP contribution is 2.51. The minimum atomic E-state index is -0.752. The number of hydrogen-bond donors (Lipinski definition) is 2. The number of carbonyl (C=O) groups is 1. The normalized spacial score (nSPS) is 17.4. The maximum atomic E-state index is 14.1. The lowest BCUT2D eigenvalue weighted by Crippen LogP contribution is -2.60. The number of halogens is 1. The van der Waals surface area contributed by atoms with Crippen molar-refractivity contribution >= 4 is 5.91 Å². The van der Waals surface area contributed by atoms with Crippen molar-refractivity contribution in [2.75, 3.05) is 20.1 Å². The van der Waals surface area contributed by atoms with Crippen LogP contribution >= 0.6 is 0 Å². The summed E-state index contributed by atoms with van der Waals surface area (Å²) in [6, 6.07) is 14.1. The smallest absolute Gasteiger partial charge is 0.270 e. The quantitative estimate of drug-likeness (QED) is 0.526. The van der Waals surface area contributed by atoms with Gasteiger partial charge in [-0.1, -0.05) is 41.7 Å². The number of nitrogens with one attached hydrogen (secondary N) is 1. The molecule has 1 aliphatic carbocycles. The van der Waals surface area contributed by atoms with Crippen molar-refractivity contribution in [1.82, 2.24) is 15.2 Å². The molecule has 1 spiro atoms. The van der Waals surface area contributed by atoms with Gasteiger partial charge in [0.05, 0.1) is 6.04 Å². The fourth-order valence-corrected chi connectivity index (χ4v) is 5.55. The number of carbonyl (C=O) groups excluding carboxylic acids is 1. The van der Waals surface area contributed by atoms with Crippen LogP contribution in [0.3, 0.4) is 0 Å². The van der Waals surface area contributed by atoms with Gasteiger partial charge in [-0.25, -0.2) is 9.37 Å². The number of aryl methyl sites for hydroxylation is 2. The lowest BCUT2D eigenvalue weighted by atomic mass is 9.58. The van der Waals surface area contributed by atoms with Crippen LogP contribution in [0.2, 0.25) is 0 Å². The lowest BCUT2D eigenvalue weighted by molar-refractivity contribution is -0.0651. The molecule has 184 valence electrons. The largest absolute Gasteiger partial charge is 0.508 e. The van der Waals surface area contributed by atoms with Gasteiger partial charge in [-0.05, 0) is 75.0 Å². The van der Waals surface area contributed by atoms with E-state index in [1.165, 1.54) is 18.2 Å². The van der Waals surface area contributed by atoms with Crippen molar-refractivity contribution in [3.05, 3.63) is 94.1 Å². The number of phenols is 1. The van der Waals surface area contributed by atoms with Gasteiger partial charge in [-0.15, -0.1) is 0 Å². The second-order valence-electron chi connectivity index (χ2n) is 10.4. The average Bonchev–Trinajstić information content (AvgIpc) is 2.80. The molecule has 1 unspecified atom stereocenters. The first kappa shape index (κ1) is 24.0. The summed E-state index contributed by atoms with van der Waals surface area (Å²) in [6.45, 7) is 6.12. The summed E-state index contributed by atoms with van der Waals surface area (Å²) in [5.41, 5.74) is 4.21. The highest BCUT2D eigenvalue weighted by Gasteiger charge is 2.50. The van der Waals surface area contributed by atoms with E-state index in [-0.39, 0.29) is 17.0 Å². The molecule has 5 nitrogen and oxygen atoms in total. The Kier molecular flexibility index (Phi) is 6.27. The SMILES string of the molecule is Cc1ccc(C(NC(=O)c2cc(C#CC3CC4(C3)CN(C)C4)cc(C)n2)c2cc(F)ccc2O)cc1. The molecular weight excluding hydrogens is 453 g/mol. The molecule has 2 aromatic carbocycles. The number of rotatable bonds is 4. The summed E-state index contributed by atoms with van der Waals surface area (Å²) >= 11 is 0. The van der Waals surface area contributed by atoms with E-state index in [0.29, 0.717) is 17.0 Å². The van der Waals surface area contributed by atoms with E-state index >= 15 is 0 Å². The van der Waals surface area contributed by atoms with Crippen LogP contribution in [-0.2, 0) is 0 Å². The van der Waals surface area contributed by atoms with E-state index in [4.69, 9.17) is 0 Å². The number of hydrogen-bond acceptors (Lipinski definition) is 4. The van der Waals surface area contributed by atoms with Crippen LogP contribution in [-0.4, -0.2) is 41.0 Å². The Morgan fingerprint density at radius 2 is 1.86 bits per heavy atom. The molecule has 1 atom stereocenters. The Labute approximate surface area is 211 Å². The number of pyridine rings is 1. The summed E-state index contributed by atoms with van der Waals surface area (Å²) in [7, 11) is 2.15. The van der Waals surface area contributed by atoms with Crippen LogP contribution in [0.4, 0.5) is 4.39 Å². The van der Waals surface area contributed by atoms with Gasteiger partial charge in [-0.3, -0.25) is 4.79 Å². The standard InChI is InChI=1S/C30H30FN3O2/c1-19-4-8-23(9-5-19)28(25-14-24(31)10-11-27(25)35)33-29(36)26-13-21(12-20(2)32-26)6-7-22-15-30(16-22)17-34(3)18-30/h4-5,8-14,22,28,35H,15-18H2,1-3H3,(H,33,36). The fourth-order valence-electron chi connectivity index (χ4n) is 5.55. The van der Waals surface area contributed by atoms with E-state index in [0.717, 1.165) is 42.6 Å². The van der Waals surface area contributed by atoms with Crippen molar-refractivity contribution in [1.29, 1.82) is 0 Å². The molecule has 2 aliphatic rings. The number of phenolic OH excluding ortho intramolecular Hbond substituents is 1. The summed E-state index contributed by atoms with van der Waals surface area (Å²) < 4.78 is 14.1. The molecule has 2 fully saturated rings. The van der Waals surface area contributed by atoms with Crippen molar-refractivity contribution in [2.24, 2.45) is 11.3 Å². The van der Waals surface area contributed by atoms with Gasteiger partial charge in [0.1, 0.15) is 17.3 Å². The topological polar surface area (TPSA) is 65.5 Å². The first-order chi connectivity index (χ1) is 17.2. The number of amides is 1. The zero-order valence-electron chi connectivity index (χ0n) is 20.8. The van der Waals surface area contributed by atoms with E-state index in [1.807, 2.05) is 44.2 Å². The maximum Gasteiger partial charge on any atom is 0.270 e. The van der Waals surface area contributed by atoms with Crippen molar-refractivity contribution < 1.29 is 14.3 Å². The van der Waals surface area contributed by atoms with Gasteiger partial charge in [-0.2, -0.15) is 0 Å². The molecule has 1 saturated carbocycles. The predicted octanol–water partition coefficient (Wildman–Crippen LogP) is 4.76. The molecular formula is C30H30FN3O2. The average molecular weight is 484 g/mol. The van der Waals surface area contributed by atoms with Gasteiger partial charge >= 0.3 is 0 Å². The minimum absolute atomic E-state index is 0.0954.